The topological polar surface area (TPSA) is 86.8 Å². The van der Waals surface area contributed by atoms with Gasteiger partial charge in [0.25, 0.3) is 10.0 Å². The number of amides is 2. The van der Waals surface area contributed by atoms with Gasteiger partial charge in [-0.05, 0) is 77.1 Å². The van der Waals surface area contributed by atoms with Gasteiger partial charge in [-0.2, -0.15) is 0 Å². The predicted molar refractivity (Wildman–Crippen MR) is 154 cm³/mol. The van der Waals surface area contributed by atoms with Gasteiger partial charge in [-0.15, -0.1) is 0 Å². The molecule has 10 heteroatoms. The molecule has 0 aliphatic carbocycles. The third kappa shape index (κ3) is 7.89. The van der Waals surface area contributed by atoms with Gasteiger partial charge in [-0.3, -0.25) is 13.9 Å². The zero-order valence-corrected chi connectivity index (χ0v) is 25.0. The first-order chi connectivity index (χ1) is 18.2. The number of halogens is 2. The van der Waals surface area contributed by atoms with Crippen LogP contribution in [0.5, 0.6) is 0 Å². The van der Waals surface area contributed by atoms with Crippen molar-refractivity contribution < 1.29 is 22.4 Å². The first-order valence-corrected chi connectivity index (χ1v) is 14.6. The molecule has 3 rings (SSSR count). The van der Waals surface area contributed by atoms with Crippen molar-refractivity contribution in [3.63, 3.8) is 0 Å². The lowest BCUT2D eigenvalue weighted by atomic mass is 10.1. The molecule has 0 radical (unpaired) electrons. The summed E-state index contributed by atoms with van der Waals surface area (Å²) >= 11 is 3.35. The van der Waals surface area contributed by atoms with Gasteiger partial charge in [-0.25, -0.2) is 12.8 Å². The van der Waals surface area contributed by atoms with Crippen LogP contribution < -0.4 is 9.62 Å². The second kappa shape index (κ2) is 12.3. The van der Waals surface area contributed by atoms with Crippen molar-refractivity contribution in [3.05, 3.63) is 94.2 Å². The third-order valence-electron chi connectivity index (χ3n) is 5.97. The molecule has 7 nitrogen and oxygen atoms in total. The number of rotatable bonds is 9. The number of carbonyl (C=O) groups is 2. The molecule has 0 aliphatic rings. The molecule has 0 fully saturated rings. The minimum atomic E-state index is -4.17. The highest BCUT2D eigenvalue weighted by Gasteiger charge is 2.33. The summed E-state index contributed by atoms with van der Waals surface area (Å²) < 4.78 is 43.9. The fraction of sp³-hybridized carbons (Fsp3) is 0.310. The molecule has 0 saturated heterocycles. The predicted octanol–water partition coefficient (Wildman–Crippen LogP) is 5.42. The quantitative estimate of drug-likeness (QED) is 0.347. The second-order valence-corrected chi connectivity index (χ2v) is 13.1. The SMILES string of the molecule is Cc1ccc(S(=O)(=O)N(CC(=O)N(Cc2ccccc2F)C(C)C(=O)NC(C)(C)C)c2ccc(Br)cc2)cc1. The van der Waals surface area contributed by atoms with Gasteiger partial charge in [0.2, 0.25) is 11.8 Å². The Labute approximate surface area is 238 Å². The summed E-state index contributed by atoms with van der Waals surface area (Å²) in [4.78, 5) is 28.2. The molecule has 208 valence electrons. The van der Waals surface area contributed by atoms with Crippen LogP contribution in [0.2, 0.25) is 0 Å². The van der Waals surface area contributed by atoms with Crippen LogP contribution in [0.25, 0.3) is 0 Å². The van der Waals surface area contributed by atoms with Crippen molar-refractivity contribution in [1.29, 1.82) is 0 Å². The van der Waals surface area contributed by atoms with Crippen molar-refractivity contribution >= 4 is 43.5 Å². The minimum absolute atomic E-state index is 0.0167. The van der Waals surface area contributed by atoms with E-state index in [0.29, 0.717) is 0 Å². The van der Waals surface area contributed by atoms with Gasteiger partial charge >= 0.3 is 0 Å². The van der Waals surface area contributed by atoms with Crippen LogP contribution in [0, 0.1) is 12.7 Å². The van der Waals surface area contributed by atoms with E-state index in [4.69, 9.17) is 0 Å². The Morgan fingerprint density at radius 2 is 1.56 bits per heavy atom. The highest BCUT2D eigenvalue weighted by molar-refractivity contribution is 9.10. The zero-order valence-electron chi connectivity index (χ0n) is 22.6. The van der Waals surface area contributed by atoms with Crippen molar-refractivity contribution in [2.75, 3.05) is 10.8 Å². The van der Waals surface area contributed by atoms with Crippen LogP contribution in [0.1, 0.15) is 38.8 Å². The summed E-state index contributed by atoms with van der Waals surface area (Å²) in [5.74, 6) is -1.63. The highest BCUT2D eigenvalue weighted by atomic mass is 79.9. The van der Waals surface area contributed by atoms with E-state index in [2.05, 4.69) is 21.2 Å². The number of carbonyl (C=O) groups excluding carboxylic acids is 2. The number of nitrogens with one attached hydrogen (secondary N) is 1. The maximum atomic E-state index is 14.6. The zero-order chi connectivity index (χ0) is 29.0. The van der Waals surface area contributed by atoms with Crippen LogP contribution in [-0.4, -0.2) is 43.3 Å². The Kier molecular flexibility index (Phi) is 9.55. The lowest BCUT2D eigenvalue weighted by Gasteiger charge is -2.33. The smallest absolute Gasteiger partial charge is 0.264 e. The van der Waals surface area contributed by atoms with E-state index in [9.17, 15) is 22.4 Å². The molecular weight excluding hydrogens is 585 g/mol. The van der Waals surface area contributed by atoms with Gasteiger partial charge in [0.05, 0.1) is 10.6 Å². The molecule has 1 unspecified atom stereocenters. The Bertz CT molecular complexity index is 1420. The van der Waals surface area contributed by atoms with Crippen molar-refractivity contribution in [2.24, 2.45) is 0 Å². The van der Waals surface area contributed by atoms with Gasteiger partial charge in [-0.1, -0.05) is 51.8 Å². The molecular formula is C29H33BrFN3O4S. The van der Waals surface area contributed by atoms with E-state index >= 15 is 0 Å². The number of hydrogen-bond acceptors (Lipinski definition) is 4. The number of aryl methyl sites for hydroxylation is 1. The molecule has 2 amide bonds. The van der Waals surface area contributed by atoms with Gasteiger partial charge in [0.15, 0.2) is 0 Å². The fourth-order valence-corrected chi connectivity index (χ4v) is 5.52. The summed E-state index contributed by atoms with van der Waals surface area (Å²) in [5.41, 5.74) is 0.786. The molecule has 0 saturated carbocycles. The van der Waals surface area contributed by atoms with E-state index in [-0.39, 0.29) is 22.7 Å². The van der Waals surface area contributed by atoms with Gasteiger partial charge in [0, 0.05) is 22.1 Å². The Morgan fingerprint density at radius 1 is 0.974 bits per heavy atom. The van der Waals surface area contributed by atoms with Crippen molar-refractivity contribution in [3.8, 4) is 0 Å². The molecule has 0 spiro atoms. The summed E-state index contributed by atoms with van der Waals surface area (Å²) in [6, 6.07) is 17.8. The van der Waals surface area contributed by atoms with E-state index < -0.39 is 45.8 Å². The molecule has 1 atom stereocenters. The van der Waals surface area contributed by atoms with E-state index in [1.54, 1.807) is 42.5 Å². The molecule has 0 aliphatic heterocycles. The first-order valence-electron chi connectivity index (χ1n) is 12.4. The normalized spacial score (nSPS) is 12.5. The highest BCUT2D eigenvalue weighted by Crippen LogP contribution is 2.26. The first kappa shape index (κ1) is 30.3. The summed E-state index contributed by atoms with van der Waals surface area (Å²) in [5, 5.41) is 2.84. The summed E-state index contributed by atoms with van der Waals surface area (Å²) in [6.07, 6.45) is 0. The van der Waals surface area contributed by atoms with Crippen LogP contribution in [-0.2, 0) is 26.2 Å². The average molecular weight is 619 g/mol. The van der Waals surface area contributed by atoms with E-state index in [0.717, 1.165) is 14.3 Å². The lowest BCUT2D eigenvalue weighted by molar-refractivity contribution is -0.140. The fourth-order valence-electron chi connectivity index (χ4n) is 3.84. The number of hydrogen-bond donors (Lipinski definition) is 1. The Morgan fingerprint density at radius 3 is 2.13 bits per heavy atom. The lowest BCUT2D eigenvalue weighted by Crippen LogP contribution is -2.54. The van der Waals surface area contributed by atoms with E-state index in [1.807, 2.05) is 27.7 Å². The standard InChI is InChI=1S/C29H33BrFN3O4S/c1-20-10-16-25(17-11-20)39(37,38)34(24-14-12-23(30)13-15-24)19-27(35)33(18-22-8-6-7-9-26(22)31)21(2)28(36)32-29(3,4)5/h6-17,21H,18-19H2,1-5H3,(H,32,36). The molecule has 0 aromatic heterocycles. The van der Waals surface area contributed by atoms with Crippen LogP contribution in [0.3, 0.4) is 0 Å². The molecule has 3 aromatic carbocycles. The molecule has 39 heavy (non-hydrogen) atoms. The number of nitrogens with zero attached hydrogens (tertiary/aromatic N) is 2. The van der Waals surface area contributed by atoms with Gasteiger partial charge in [0.1, 0.15) is 18.4 Å². The maximum absolute atomic E-state index is 14.6. The molecule has 3 aromatic rings. The number of anilines is 1. The van der Waals surface area contributed by atoms with Crippen LogP contribution in [0.15, 0.2) is 82.2 Å². The maximum Gasteiger partial charge on any atom is 0.264 e. The van der Waals surface area contributed by atoms with Crippen LogP contribution >= 0.6 is 15.9 Å². The molecule has 0 bridgehead atoms. The Balaban J connectivity index is 2.04. The Hall–Kier alpha value is -3.24. The minimum Gasteiger partial charge on any atom is -0.350 e. The molecule has 0 heterocycles. The molecule has 1 N–H and O–H groups in total. The third-order valence-corrected chi connectivity index (χ3v) is 8.28. The van der Waals surface area contributed by atoms with Crippen molar-refractivity contribution in [2.45, 2.75) is 57.6 Å². The monoisotopic (exact) mass is 617 g/mol. The second-order valence-electron chi connectivity index (χ2n) is 10.3. The number of benzene rings is 3. The number of sulfonamides is 1. The van der Waals surface area contributed by atoms with Crippen LogP contribution in [0.4, 0.5) is 10.1 Å². The summed E-state index contributed by atoms with van der Waals surface area (Å²) in [6.45, 7) is 8.00. The van der Waals surface area contributed by atoms with E-state index in [1.165, 1.54) is 42.2 Å². The van der Waals surface area contributed by atoms with Crippen molar-refractivity contribution in [1.82, 2.24) is 10.2 Å². The largest absolute Gasteiger partial charge is 0.350 e. The summed E-state index contributed by atoms with van der Waals surface area (Å²) in [7, 11) is -4.17. The van der Waals surface area contributed by atoms with Gasteiger partial charge < -0.3 is 10.2 Å². The average Bonchev–Trinajstić information content (AvgIpc) is 2.86.